The van der Waals surface area contributed by atoms with Gasteiger partial charge in [0.1, 0.15) is 6.04 Å². The van der Waals surface area contributed by atoms with Crippen molar-refractivity contribution in [3.05, 3.63) is 36.5 Å². The second-order valence-corrected chi connectivity index (χ2v) is 9.73. The summed E-state index contributed by atoms with van der Waals surface area (Å²) in [6, 6.07) is 7.55. The number of hydrogen-bond acceptors (Lipinski definition) is 8. The minimum Gasteiger partial charge on any atom is -0.343 e. The molecule has 1 fully saturated rings. The molecule has 1 aromatic heterocycles. The molecule has 3 rings (SSSR count). The first-order valence-corrected chi connectivity index (χ1v) is 13.2. The third-order valence-corrected chi connectivity index (χ3v) is 6.88. The van der Waals surface area contributed by atoms with Crippen molar-refractivity contribution in [1.82, 2.24) is 15.2 Å². The first kappa shape index (κ1) is 28.8. The minimum absolute atomic E-state index is 0.150. The Kier molecular flexibility index (Phi) is 11.3. The lowest BCUT2D eigenvalue weighted by atomic mass is 9.84. The smallest absolute Gasteiger partial charge is 0.247 e. The van der Waals surface area contributed by atoms with Crippen LogP contribution >= 0.6 is 0 Å². The van der Waals surface area contributed by atoms with Crippen LogP contribution < -0.4 is 16.4 Å². The van der Waals surface area contributed by atoms with Crippen LogP contribution in [0.5, 0.6) is 0 Å². The molecule has 11 nitrogen and oxygen atoms in total. The Bertz CT molecular complexity index is 1110. The molecule has 3 amide bonds. The molecule has 0 radical (unpaired) electrons. The summed E-state index contributed by atoms with van der Waals surface area (Å²) in [4.78, 5) is 48.8. The standard InChI is InChI=1S/C27H38N8O3/c1-30-11-13-35(14-12-32-29)25(36)17-22(28)26(37)34-24(15-19-7-3-2-4-8-19)27(38)33-21-16-20-9-5-6-10-23(20)31-18-21/h5-6,9-10,16,18-19,22,24,29H,1-4,7-8,11-15,17,28H2,(H,33,38)(H,34,37). The molecule has 0 bridgehead atoms. The fourth-order valence-electron chi connectivity index (χ4n) is 4.77. The second kappa shape index (κ2) is 14.9. The van der Waals surface area contributed by atoms with Gasteiger partial charge in [-0.1, -0.05) is 50.3 Å². The van der Waals surface area contributed by atoms with Crippen molar-refractivity contribution in [2.75, 3.05) is 31.5 Å². The van der Waals surface area contributed by atoms with Crippen molar-refractivity contribution in [2.24, 2.45) is 21.8 Å². The molecule has 0 aliphatic heterocycles. The van der Waals surface area contributed by atoms with E-state index in [4.69, 9.17) is 11.3 Å². The largest absolute Gasteiger partial charge is 0.343 e. The van der Waals surface area contributed by atoms with E-state index < -0.39 is 18.0 Å². The Morgan fingerprint density at radius 2 is 1.87 bits per heavy atom. The molecule has 11 heteroatoms. The number of nitrogens with one attached hydrogen (secondary N) is 3. The zero-order chi connectivity index (χ0) is 27.3. The summed E-state index contributed by atoms with van der Waals surface area (Å²) in [5.74, 6) is -0.911. The lowest BCUT2D eigenvalue weighted by Crippen LogP contribution is -2.52. The van der Waals surface area contributed by atoms with E-state index in [0.717, 1.165) is 36.6 Å². The van der Waals surface area contributed by atoms with Crippen molar-refractivity contribution in [3.63, 3.8) is 0 Å². The molecule has 0 saturated heterocycles. The summed E-state index contributed by atoms with van der Waals surface area (Å²) in [7, 11) is 0. The van der Waals surface area contributed by atoms with Crippen LogP contribution in [0.2, 0.25) is 0 Å². The third-order valence-electron chi connectivity index (χ3n) is 6.88. The lowest BCUT2D eigenvalue weighted by Gasteiger charge is -2.28. The van der Waals surface area contributed by atoms with Gasteiger partial charge in [0.15, 0.2) is 0 Å². The van der Waals surface area contributed by atoms with Gasteiger partial charge in [0.2, 0.25) is 17.7 Å². The number of nitrogens with two attached hydrogens (primary N) is 1. The maximum Gasteiger partial charge on any atom is 0.247 e. The van der Waals surface area contributed by atoms with Gasteiger partial charge in [-0.15, -0.1) is 0 Å². The number of nitrogens with zero attached hydrogens (tertiary/aromatic N) is 4. The molecule has 1 heterocycles. The SMILES string of the molecule is C=NCCN(CCN=N)C(=O)CC(N)C(=O)NC(CC1CCCCC1)C(=O)Nc1cnc2ccccc2c1. The molecule has 2 atom stereocenters. The highest BCUT2D eigenvalue weighted by molar-refractivity contribution is 5.99. The maximum absolute atomic E-state index is 13.3. The number of pyridine rings is 1. The van der Waals surface area contributed by atoms with E-state index in [9.17, 15) is 14.4 Å². The van der Waals surface area contributed by atoms with E-state index >= 15 is 0 Å². The highest BCUT2D eigenvalue weighted by Gasteiger charge is 2.29. The predicted octanol–water partition coefficient (Wildman–Crippen LogP) is 2.91. The van der Waals surface area contributed by atoms with Gasteiger partial charge in [-0.2, -0.15) is 5.11 Å². The van der Waals surface area contributed by atoms with Gasteiger partial charge in [-0.25, -0.2) is 5.53 Å². The number of aromatic nitrogens is 1. The van der Waals surface area contributed by atoms with Gasteiger partial charge in [-0.05, 0) is 31.2 Å². The fraction of sp³-hybridized carbons (Fsp3) is 0.519. The van der Waals surface area contributed by atoms with Crippen LogP contribution in [0.1, 0.15) is 44.9 Å². The Balaban J connectivity index is 1.67. The molecule has 2 aromatic rings. The van der Waals surface area contributed by atoms with E-state index in [-0.39, 0.29) is 31.3 Å². The van der Waals surface area contributed by atoms with E-state index in [1.54, 1.807) is 6.20 Å². The van der Waals surface area contributed by atoms with Gasteiger partial charge < -0.3 is 21.3 Å². The van der Waals surface area contributed by atoms with Gasteiger partial charge in [-0.3, -0.25) is 24.4 Å². The van der Waals surface area contributed by atoms with Gasteiger partial charge in [0.05, 0.1) is 43.0 Å². The number of anilines is 1. The van der Waals surface area contributed by atoms with Crippen molar-refractivity contribution in [1.29, 1.82) is 5.53 Å². The van der Waals surface area contributed by atoms with Gasteiger partial charge >= 0.3 is 0 Å². The molecule has 0 spiro atoms. The van der Waals surface area contributed by atoms with Crippen molar-refractivity contribution < 1.29 is 14.4 Å². The van der Waals surface area contributed by atoms with E-state index in [1.165, 1.54) is 11.3 Å². The van der Waals surface area contributed by atoms with Crippen LogP contribution in [-0.2, 0) is 14.4 Å². The average molecular weight is 523 g/mol. The number of carbonyl (C=O) groups excluding carboxylic acids is 3. The van der Waals surface area contributed by atoms with Crippen LogP contribution in [0.25, 0.3) is 10.9 Å². The van der Waals surface area contributed by atoms with E-state index in [2.05, 4.69) is 32.4 Å². The number of rotatable bonds is 14. The van der Waals surface area contributed by atoms with Crippen LogP contribution in [-0.4, -0.2) is 72.6 Å². The molecular weight excluding hydrogens is 484 g/mol. The number of hydrogen-bond donors (Lipinski definition) is 4. The molecule has 5 N–H and O–H groups in total. The van der Waals surface area contributed by atoms with Crippen molar-refractivity contribution in [2.45, 2.75) is 57.0 Å². The minimum atomic E-state index is -1.13. The molecule has 1 aliphatic carbocycles. The number of benzene rings is 1. The Morgan fingerprint density at radius 1 is 1.13 bits per heavy atom. The average Bonchev–Trinajstić information content (AvgIpc) is 2.93. The summed E-state index contributed by atoms with van der Waals surface area (Å²) in [6.07, 6.45) is 7.28. The monoisotopic (exact) mass is 522 g/mol. The van der Waals surface area contributed by atoms with Crippen LogP contribution in [0.3, 0.4) is 0 Å². The molecule has 2 unspecified atom stereocenters. The van der Waals surface area contributed by atoms with E-state index in [0.29, 0.717) is 31.1 Å². The fourth-order valence-corrected chi connectivity index (χ4v) is 4.77. The van der Waals surface area contributed by atoms with Crippen molar-refractivity contribution in [3.8, 4) is 0 Å². The van der Waals surface area contributed by atoms with Crippen molar-refractivity contribution >= 4 is 41.0 Å². The topological polar surface area (TPSA) is 166 Å². The number of aliphatic imine (C=N–C) groups is 1. The molecule has 1 aromatic carbocycles. The molecule has 38 heavy (non-hydrogen) atoms. The summed E-state index contributed by atoms with van der Waals surface area (Å²) in [6.45, 7) is 4.45. The summed E-state index contributed by atoms with van der Waals surface area (Å²) >= 11 is 0. The zero-order valence-electron chi connectivity index (χ0n) is 21.8. The van der Waals surface area contributed by atoms with Gasteiger partial charge in [0, 0.05) is 18.5 Å². The zero-order valence-corrected chi connectivity index (χ0v) is 21.8. The number of para-hydroxylation sites is 1. The van der Waals surface area contributed by atoms with Crippen LogP contribution in [0.4, 0.5) is 5.69 Å². The Morgan fingerprint density at radius 3 is 2.61 bits per heavy atom. The molecule has 1 aliphatic rings. The maximum atomic E-state index is 13.3. The highest BCUT2D eigenvalue weighted by Crippen LogP contribution is 2.28. The number of carbonyl (C=O) groups is 3. The first-order valence-electron chi connectivity index (χ1n) is 13.2. The molecule has 204 valence electrons. The lowest BCUT2D eigenvalue weighted by molar-refractivity contribution is -0.134. The third kappa shape index (κ3) is 8.69. The van der Waals surface area contributed by atoms with Crippen LogP contribution in [0.15, 0.2) is 46.6 Å². The first-order chi connectivity index (χ1) is 18.4. The highest BCUT2D eigenvalue weighted by atomic mass is 16.2. The summed E-state index contributed by atoms with van der Waals surface area (Å²) < 4.78 is 0. The molecular formula is C27H38N8O3. The van der Waals surface area contributed by atoms with Gasteiger partial charge in [0.25, 0.3) is 0 Å². The Hall–Kier alpha value is -3.73. The number of fused-ring (bicyclic) bond motifs is 1. The molecule has 1 saturated carbocycles. The normalized spacial score (nSPS) is 15.3. The summed E-state index contributed by atoms with van der Waals surface area (Å²) in [5, 5.41) is 9.90. The number of amides is 3. The quantitative estimate of drug-likeness (QED) is 0.221. The second-order valence-electron chi connectivity index (χ2n) is 9.73. The Labute approximate surface area is 223 Å². The predicted molar refractivity (Wildman–Crippen MR) is 147 cm³/mol. The van der Waals surface area contributed by atoms with E-state index in [1.807, 2.05) is 30.3 Å². The van der Waals surface area contributed by atoms with Crippen LogP contribution in [0, 0.1) is 11.4 Å². The summed E-state index contributed by atoms with van der Waals surface area (Å²) in [5.41, 5.74) is 14.5.